The summed E-state index contributed by atoms with van der Waals surface area (Å²) < 4.78 is 4.82. The van der Waals surface area contributed by atoms with Crippen molar-refractivity contribution in [3.8, 4) is 0 Å². The van der Waals surface area contributed by atoms with E-state index in [4.69, 9.17) is 4.63 Å². The monoisotopic (exact) mass is 311 g/mol. The van der Waals surface area contributed by atoms with Gasteiger partial charge in [-0.1, -0.05) is 19.9 Å². The van der Waals surface area contributed by atoms with Gasteiger partial charge in [0.25, 0.3) is 0 Å². The number of Topliss-reactive ketones (excluding diaryl/α,β-unsaturated/α-hetero) is 1. The van der Waals surface area contributed by atoms with Gasteiger partial charge < -0.3 is 10.6 Å². The van der Waals surface area contributed by atoms with Crippen LogP contribution in [0.15, 0.2) is 40.4 Å². The Balaban J connectivity index is 1.88. The molecular formula is C16H17N5O2. The number of fused-ring (bicyclic) bond motifs is 1. The van der Waals surface area contributed by atoms with E-state index in [2.05, 4.69) is 39.8 Å². The summed E-state index contributed by atoms with van der Waals surface area (Å²) in [6.07, 6.45) is 4.75. The molecule has 23 heavy (non-hydrogen) atoms. The van der Waals surface area contributed by atoms with Crippen molar-refractivity contribution in [3.05, 3.63) is 41.4 Å². The Bertz CT molecular complexity index is 794. The quantitative estimate of drug-likeness (QED) is 0.836. The van der Waals surface area contributed by atoms with Crippen LogP contribution in [0.2, 0.25) is 0 Å². The van der Waals surface area contributed by atoms with Gasteiger partial charge in [-0.05, 0) is 33.8 Å². The highest BCUT2D eigenvalue weighted by Crippen LogP contribution is 2.44. The summed E-state index contributed by atoms with van der Waals surface area (Å²) in [5.74, 6) is 1.14. The summed E-state index contributed by atoms with van der Waals surface area (Å²) in [5, 5.41) is 14.3. The Hall–Kier alpha value is -2.70. The zero-order valence-corrected chi connectivity index (χ0v) is 13.0. The molecule has 1 aliphatic heterocycles. The predicted octanol–water partition coefficient (Wildman–Crippen LogP) is 2.69. The number of allylic oxidation sites excluding steroid dienone is 1. The Morgan fingerprint density at radius 2 is 2.09 bits per heavy atom. The smallest absolute Gasteiger partial charge is 0.219 e. The molecule has 2 aliphatic rings. The minimum Gasteiger partial charge on any atom is -0.353 e. The van der Waals surface area contributed by atoms with Crippen LogP contribution in [0, 0.1) is 5.41 Å². The average Bonchev–Trinajstić information content (AvgIpc) is 2.86. The fraction of sp³-hybridized carbons (Fsp3) is 0.375. The number of nitrogens with one attached hydrogen (secondary N) is 2. The molecule has 0 saturated carbocycles. The van der Waals surface area contributed by atoms with Crippen LogP contribution in [0.25, 0.3) is 0 Å². The van der Waals surface area contributed by atoms with Gasteiger partial charge in [-0.25, -0.2) is 4.63 Å². The average molecular weight is 311 g/mol. The van der Waals surface area contributed by atoms with Crippen LogP contribution >= 0.6 is 0 Å². The minimum atomic E-state index is -0.317. The number of hydrogen-bond acceptors (Lipinski definition) is 7. The van der Waals surface area contributed by atoms with Crippen LogP contribution in [-0.4, -0.2) is 21.1 Å². The second-order valence-corrected chi connectivity index (χ2v) is 6.78. The summed E-state index contributed by atoms with van der Waals surface area (Å²) in [5.41, 5.74) is 2.43. The maximum absolute atomic E-state index is 12.8. The van der Waals surface area contributed by atoms with Crippen LogP contribution in [0.1, 0.15) is 38.3 Å². The summed E-state index contributed by atoms with van der Waals surface area (Å²) in [6, 6.07) is 3.48. The molecule has 0 aromatic carbocycles. The fourth-order valence-electron chi connectivity index (χ4n) is 3.29. The number of pyridine rings is 1. The van der Waals surface area contributed by atoms with E-state index in [0.717, 1.165) is 23.3 Å². The number of rotatable bonds is 1. The molecule has 7 nitrogen and oxygen atoms in total. The molecule has 0 radical (unpaired) electrons. The van der Waals surface area contributed by atoms with E-state index in [9.17, 15) is 4.79 Å². The third-order valence-corrected chi connectivity index (χ3v) is 4.27. The normalized spacial score (nSPS) is 22.5. The van der Waals surface area contributed by atoms with Crippen molar-refractivity contribution in [2.24, 2.45) is 5.41 Å². The summed E-state index contributed by atoms with van der Waals surface area (Å²) >= 11 is 0. The van der Waals surface area contributed by atoms with Crippen LogP contribution in [0.4, 0.5) is 11.6 Å². The maximum atomic E-state index is 12.8. The lowest BCUT2D eigenvalue weighted by Crippen LogP contribution is -2.31. The Kier molecular flexibility index (Phi) is 2.97. The molecule has 1 aliphatic carbocycles. The van der Waals surface area contributed by atoms with E-state index < -0.39 is 0 Å². The number of hydrogen-bond donors (Lipinski definition) is 2. The van der Waals surface area contributed by atoms with Gasteiger partial charge in [-0.2, -0.15) is 0 Å². The predicted molar refractivity (Wildman–Crippen MR) is 83.6 cm³/mol. The zero-order chi connectivity index (χ0) is 16.0. The molecule has 3 heterocycles. The molecule has 2 aromatic heterocycles. The van der Waals surface area contributed by atoms with Gasteiger partial charge in [0.2, 0.25) is 11.6 Å². The molecular weight excluding hydrogens is 294 g/mol. The van der Waals surface area contributed by atoms with Crippen molar-refractivity contribution in [3.63, 3.8) is 0 Å². The van der Waals surface area contributed by atoms with E-state index in [0.29, 0.717) is 18.1 Å². The lowest BCUT2D eigenvalue weighted by Gasteiger charge is -2.33. The van der Waals surface area contributed by atoms with Crippen LogP contribution < -0.4 is 10.6 Å². The number of ketones is 1. The van der Waals surface area contributed by atoms with Gasteiger partial charge in [0.15, 0.2) is 5.78 Å². The van der Waals surface area contributed by atoms with Gasteiger partial charge in [0.1, 0.15) is 0 Å². The van der Waals surface area contributed by atoms with Crippen molar-refractivity contribution in [2.45, 2.75) is 32.7 Å². The topological polar surface area (TPSA) is 92.9 Å². The van der Waals surface area contributed by atoms with Crippen molar-refractivity contribution >= 4 is 17.4 Å². The third-order valence-electron chi connectivity index (χ3n) is 4.27. The number of nitrogens with zero attached hydrogens (tertiary/aromatic N) is 3. The molecule has 2 N–H and O–H groups in total. The maximum Gasteiger partial charge on any atom is 0.219 e. The first-order chi connectivity index (χ1) is 11.0. The molecule has 118 valence electrons. The number of carbonyl (C=O) groups is 1. The summed E-state index contributed by atoms with van der Waals surface area (Å²) in [4.78, 5) is 17.0. The molecule has 0 spiro atoms. The van der Waals surface area contributed by atoms with E-state index in [1.807, 2.05) is 12.1 Å². The molecule has 4 rings (SSSR count). The fourth-order valence-corrected chi connectivity index (χ4v) is 3.29. The molecule has 1 unspecified atom stereocenters. The molecule has 0 fully saturated rings. The molecule has 2 aromatic rings. The van der Waals surface area contributed by atoms with Crippen molar-refractivity contribution in [1.29, 1.82) is 0 Å². The van der Waals surface area contributed by atoms with E-state index in [1.165, 1.54) is 0 Å². The molecule has 0 bridgehead atoms. The molecule has 1 atom stereocenters. The lowest BCUT2D eigenvalue weighted by atomic mass is 9.73. The minimum absolute atomic E-state index is 0.0932. The summed E-state index contributed by atoms with van der Waals surface area (Å²) in [7, 11) is 0. The number of aromatic nitrogens is 3. The van der Waals surface area contributed by atoms with Crippen molar-refractivity contribution in [1.82, 2.24) is 15.3 Å². The second kappa shape index (κ2) is 4.91. The SMILES string of the molecule is CC1(C)CC(=O)C2=C(C1)Nc1nonc1NC2c1cccnc1. The van der Waals surface area contributed by atoms with E-state index in [1.54, 1.807) is 12.4 Å². The first kappa shape index (κ1) is 13.9. The van der Waals surface area contributed by atoms with Crippen LogP contribution in [0.5, 0.6) is 0 Å². The van der Waals surface area contributed by atoms with Gasteiger partial charge in [0.05, 0.1) is 6.04 Å². The highest BCUT2D eigenvalue weighted by Gasteiger charge is 2.39. The molecule has 0 amide bonds. The molecule has 7 heteroatoms. The largest absolute Gasteiger partial charge is 0.353 e. The number of carbonyl (C=O) groups excluding carboxylic acids is 1. The van der Waals surface area contributed by atoms with Crippen LogP contribution in [-0.2, 0) is 4.79 Å². The Labute approximate surface area is 133 Å². The molecule has 0 saturated heterocycles. The summed E-state index contributed by atoms with van der Waals surface area (Å²) in [6.45, 7) is 4.19. The van der Waals surface area contributed by atoms with E-state index >= 15 is 0 Å². The lowest BCUT2D eigenvalue weighted by molar-refractivity contribution is -0.118. The van der Waals surface area contributed by atoms with Gasteiger partial charge in [-0.15, -0.1) is 0 Å². The first-order valence-electron chi connectivity index (χ1n) is 7.56. The standard InChI is InChI=1S/C16H17N5O2/c1-16(2)6-10-12(11(22)7-16)13(9-4-3-5-17-8-9)19-15-14(18-10)20-23-21-15/h3-5,8,13H,6-7H2,1-2H3,(H,18,20)(H,19,21). The van der Waals surface area contributed by atoms with Crippen molar-refractivity contribution < 1.29 is 9.42 Å². The Morgan fingerprint density at radius 3 is 2.87 bits per heavy atom. The van der Waals surface area contributed by atoms with Gasteiger partial charge in [-0.3, -0.25) is 9.78 Å². The highest BCUT2D eigenvalue weighted by atomic mass is 16.6. The van der Waals surface area contributed by atoms with Crippen LogP contribution in [0.3, 0.4) is 0 Å². The van der Waals surface area contributed by atoms with E-state index in [-0.39, 0.29) is 17.2 Å². The first-order valence-corrected chi connectivity index (χ1v) is 7.56. The Morgan fingerprint density at radius 1 is 1.26 bits per heavy atom. The van der Waals surface area contributed by atoms with Gasteiger partial charge >= 0.3 is 0 Å². The van der Waals surface area contributed by atoms with Crippen molar-refractivity contribution in [2.75, 3.05) is 10.6 Å². The zero-order valence-electron chi connectivity index (χ0n) is 13.0. The van der Waals surface area contributed by atoms with Gasteiger partial charge in [0, 0.05) is 30.1 Å². The highest BCUT2D eigenvalue weighted by molar-refractivity contribution is 6.00. The third kappa shape index (κ3) is 2.38. The number of anilines is 2. The second-order valence-electron chi connectivity index (χ2n) is 6.78.